The zero-order chi connectivity index (χ0) is 28.8. The van der Waals surface area contributed by atoms with Crippen molar-refractivity contribution in [2.75, 3.05) is 40.4 Å². The van der Waals surface area contributed by atoms with Crippen LogP contribution in [0.2, 0.25) is 0 Å². The fourth-order valence-corrected chi connectivity index (χ4v) is 4.90. The first-order valence-electron chi connectivity index (χ1n) is 12.3. The van der Waals surface area contributed by atoms with E-state index in [1.807, 2.05) is 19.9 Å². The van der Waals surface area contributed by atoms with E-state index in [1.54, 1.807) is 36.4 Å². The van der Waals surface area contributed by atoms with Gasteiger partial charge in [-0.3, -0.25) is 14.9 Å². The standard InChI is InChI=1S/C30H30N2O7S/c1-17-11-21-27(12-18(17)2)40-30(31-21)32-28(34)16-39-24-13-19(8-10-23(24)35-3)7-9-22(33)20-14-25(36-4)29(38-6)26(15-20)37-5/h7-15H,16H2,1-6H3,(H,31,32,34). The number of amides is 1. The summed E-state index contributed by atoms with van der Waals surface area (Å²) in [5.41, 5.74) is 4.20. The number of carbonyl (C=O) groups excluding carboxylic acids is 2. The molecular weight excluding hydrogens is 532 g/mol. The van der Waals surface area contributed by atoms with Gasteiger partial charge < -0.3 is 23.7 Å². The van der Waals surface area contributed by atoms with Gasteiger partial charge in [0.1, 0.15) is 0 Å². The number of ether oxygens (including phenoxy) is 5. The smallest absolute Gasteiger partial charge is 0.264 e. The van der Waals surface area contributed by atoms with Gasteiger partial charge in [0.25, 0.3) is 5.91 Å². The van der Waals surface area contributed by atoms with Gasteiger partial charge in [0, 0.05) is 5.56 Å². The number of hydrogen-bond donors (Lipinski definition) is 1. The number of fused-ring (bicyclic) bond motifs is 1. The lowest BCUT2D eigenvalue weighted by Gasteiger charge is -2.13. The van der Waals surface area contributed by atoms with Gasteiger partial charge in [0.05, 0.1) is 38.7 Å². The van der Waals surface area contributed by atoms with Crippen LogP contribution in [0.25, 0.3) is 16.3 Å². The van der Waals surface area contributed by atoms with Crippen LogP contribution in [0.15, 0.2) is 48.5 Å². The van der Waals surface area contributed by atoms with Crippen molar-refractivity contribution in [2.45, 2.75) is 13.8 Å². The summed E-state index contributed by atoms with van der Waals surface area (Å²) >= 11 is 1.41. The fraction of sp³-hybridized carbons (Fsp3) is 0.233. The minimum Gasteiger partial charge on any atom is -0.493 e. The van der Waals surface area contributed by atoms with Crippen molar-refractivity contribution in [3.05, 3.63) is 70.8 Å². The normalized spacial score (nSPS) is 10.9. The van der Waals surface area contributed by atoms with E-state index in [9.17, 15) is 9.59 Å². The van der Waals surface area contributed by atoms with Crippen molar-refractivity contribution < 1.29 is 33.3 Å². The number of ketones is 1. The lowest BCUT2D eigenvalue weighted by molar-refractivity contribution is -0.118. The van der Waals surface area contributed by atoms with E-state index in [4.69, 9.17) is 23.7 Å². The predicted molar refractivity (Wildman–Crippen MR) is 156 cm³/mol. The predicted octanol–water partition coefficient (Wildman–Crippen LogP) is 5.86. The van der Waals surface area contributed by atoms with E-state index in [0.717, 1.165) is 15.8 Å². The third-order valence-electron chi connectivity index (χ3n) is 6.17. The summed E-state index contributed by atoms with van der Waals surface area (Å²) in [7, 11) is 5.98. The Kier molecular flexibility index (Phi) is 8.90. The summed E-state index contributed by atoms with van der Waals surface area (Å²) in [6.07, 6.45) is 3.07. The Hall–Kier alpha value is -4.57. The summed E-state index contributed by atoms with van der Waals surface area (Å²) in [5.74, 6) is 1.36. The molecule has 9 nitrogen and oxygen atoms in total. The molecule has 0 spiro atoms. The van der Waals surface area contributed by atoms with Crippen LogP contribution in [0.5, 0.6) is 28.7 Å². The van der Waals surface area contributed by atoms with E-state index in [-0.39, 0.29) is 18.3 Å². The largest absolute Gasteiger partial charge is 0.493 e. The molecule has 0 saturated heterocycles. The van der Waals surface area contributed by atoms with Gasteiger partial charge in [-0.05, 0) is 73.0 Å². The second-order valence-corrected chi connectivity index (χ2v) is 9.81. The number of carbonyl (C=O) groups is 2. The Morgan fingerprint density at radius 3 is 2.17 bits per heavy atom. The van der Waals surface area contributed by atoms with Crippen LogP contribution in [0, 0.1) is 13.8 Å². The molecule has 0 fully saturated rings. The molecule has 1 N–H and O–H groups in total. The summed E-state index contributed by atoms with van der Waals surface area (Å²) in [6.45, 7) is 3.82. The first-order chi connectivity index (χ1) is 19.3. The number of nitrogens with zero attached hydrogens (tertiary/aromatic N) is 1. The second kappa shape index (κ2) is 12.5. The lowest BCUT2D eigenvalue weighted by Crippen LogP contribution is -2.20. The highest BCUT2D eigenvalue weighted by Gasteiger charge is 2.16. The quantitative estimate of drug-likeness (QED) is 0.179. The molecule has 3 aromatic carbocycles. The van der Waals surface area contributed by atoms with Crippen LogP contribution in [-0.2, 0) is 4.79 Å². The van der Waals surface area contributed by atoms with Crippen LogP contribution in [0.1, 0.15) is 27.0 Å². The molecular formula is C30H30N2O7S. The molecule has 0 saturated carbocycles. The van der Waals surface area contributed by atoms with Crippen LogP contribution in [0.3, 0.4) is 0 Å². The molecule has 0 aliphatic rings. The van der Waals surface area contributed by atoms with E-state index in [1.165, 1.54) is 51.4 Å². The maximum atomic E-state index is 12.9. The SMILES string of the molecule is COc1ccc(C=CC(=O)c2cc(OC)c(OC)c(OC)c2)cc1OCC(=O)Nc1nc2cc(C)c(C)cc2s1. The molecule has 0 bridgehead atoms. The molecule has 0 radical (unpaired) electrons. The highest BCUT2D eigenvalue weighted by Crippen LogP contribution is 2.38. The van der Waals surface area contributed by atoms with Gasteiger partial charge in [0.2, 0.25) is 5.75 Å². The number of thiazole rings is 1. The first-order valence-corrected chi connectivity index (χ1v) is 13.1. The zero-order valence-corrected chi connectivity index (χ0v) is 23.9. The minimum absolute atomic E-state index is 0.248. The highest BCUT2D eigenvalue weighted by atomic mass is 32.1. The Labute approximate surface area is 236 Å². The zero-order valence-electron chi connectivity index (χ0n) is 23.1. The van der Waals surface area contributed by atoms with Gasteiger partial charge in [-0.25, -0.2) is 4.98 Å². The van der Waals surface area contributed by atoms with Crippen LogP contribution in [-0.4, -0.2) is 51.7 Å². The molecule has 1 heterocycles. The molecule has 10 heteroatoms. The third-order valence-corrected chi connectivity index (χ3v) is 7.11. The van der Waals surface area contributed by atoms with Crippen LogP contribution in [0.4, 0.5) is 5.13 Å². The maximum Gasteiger partial charge on any atom is 0.264 e. The molecule has 0 atom stereocenters. The molecule has 208 valence electrons. The monoisotopic (exact) mass is 562 g/mol. The van der Waals surface area contributed by atoms with Crippen molar-refractivity contribution >= 4 is 44.5 Å². The average molecular weight is 563 g/mol. The molecule has 0 aliphatic carbocycles. The number of aromatic nitrogens is 1. The summed E-state index contributed by atoms with van der Waals surface area (Å²) < 4.78 is 28.1. The summed E-state index contributed by atoms with van der Waals surface area (Å²) in [4.78, 5) is 30.0. The number of hydrogen-bond acceptors (Lipinski definition) is 9. The number of nitrogens with one attached hydrogen (secondary N) is 1. The van der Waals surface area contributed by atoms with Gasteiger partial charge in [0.15, 0.2) is 40.5 Å². The third kappa shape index (κ3) is 6.35. The van der Waals surface area contributed by atoms with Crippen molar-refractivity contribution in [2.24, 2.45) is 0 Å². The molecule has 0 unspecified atom stereocenters. The van der Waals surface area contributed by atoms with Gasteiger partial charge in [-0.15, -0.1) is 0 Å². The molecule has 1 amide bonds. The van der Waals surface area contributed by atoms with E-state index < -0.39 is 0 Å². The van der Waals surface area contributed by atoms with Crippen molar-refractivity contribution in [1.29, 1.82) is 0 Å². The number of allylic oxidation sites excluding steroid dienone is 1. The first kappa shape index (κ1) is 28.4. The molecule has 40 heavy (non-hydrogen) atoms. The van der Waals surface area contributed by atoms with Crippen LogP contribution < -0.4 is 29.0 Å². The number of rotatable bonds is 11. The van der Waals surface area contributed by atoms with Crippen molar-refractivity contribution in [1.82, 2.24) is 4.98 Å². The number of anilines is 1. The number of benzene rings is 3. The fourth-order valence-electron chi connectivity index (χ4n) is 3.93. The highest BCUT2D eigenvalue weighted by molar-refractivity contribution is 7.22. The second-order valence-electron chi connectivity index (χ2n) is 8.78. The number of methoxy groups -OCH3 is 4. The molecule has 4 aromatic rings. The lowest BCUT2D eigenvalue weighted by atomic mass is 10.1. The summed E-state index contributed by atoms with van der Waals surface area (Å²) in [6, 6.07) is 12.4. The van der Waals surface area contributed by atoms with Crippen molar-refractivity contribution in [3.63, 3.8) is 0 Å². The van der Waals surface area contributed by atoms with E-state index in [0.29, 0.717) is 45.0 Å². The van der Waals surface area contributed by atoms with Gasteiger partial charge >= 0.3 is 0 Å². The number of aryl methyl sites for hydroxylation is 2. The molecule has 1 aromatic heterocycles. The van der Waals surface area contributed by atoms with Crippen molar-refractivity contribution in [3.8, 4) is 28.7 Å². The average Bonchev–Trinajstić information content (AvgIpc) is 3.34. The van der Waals surface area contributed by atoms with Gasteiger partial charge in [-0.1, -0.05) is 23.5 Å². The van der Waals surface area contributed by atoms with Gasteiger partial charge in [-0.2, -0.15) is 0 Å². The van der Waals surface area contributed by atoms with E-state index in [2.05, 4.69) is 16.4 Å². The van der Waals surface area contributed by atoms with E-state index >= 15 is 0 Å². The maximum absolute atomic E-state index is 12.9. The Morgan fingerprint density at radius 1 is 0.850 bits per heavy atom. The summed E-state index contributed by atoms with van der Waals surface area (Å²) in [5, 5.41) is 3.29. The minimum atomic E-state index is -0.354. The van der Waals surface area contributed by atoms with Crippen LogP contribution >= 0.6 is 11.3 Å². The Bertz CT molecular complexity index is 1530. The Morgan fingerprint density at radius 2 is 1.52 bits per heavy atom. The molecule has 0 aliphatic heterocycles. The molecule has 4 rings (SSSR count). The Balaban J connectivity index is 1.45. The topological polar surface area (TPSA) is 105 Å².